The van der Waals surface area contributed by atoms with Crippen LogP contribution in [0.3, 0.4) is 0 Å². The summed E-state index contributed by atoms with van der Waals surface area (Å²) in [6.45, 7) is 2.61. The van der Waals surface area contributed by atoms with Gasteiger partial charge < -0.3 is 9.73 Å². The first-order valence-corrected chi connectivity index (χ1v) is 6.71. The molecule has 0 bridgehead atoms. The molecule has 0 unspecified atom stereocenters. The summed E-state index contributed by atoms with van der Waals surface area (Å²) in [5, 5.41) is 3.80. The van der Waals surface area contributed by atoms with Gasteiger partial charge in [0.1, 0.15) is 5.76 Å². The van der Waals surface area contributed by atoms with E-state index in [0.717, 1.165) is 6.42 Å². The monoisotopic (exact) mass is 297 g/mol. The van der Waals surface area contributed by atoms with Crippen LogP contribution in [0.25, 0.3) is 11.3 Å². The van der Waals surface area contributed by atoms with Crippen molar-refractivity contribution in [3.05, 3.63) is 46.1 Å². The van der Waals surface area contributed by atoms with Crippen molar-refractivity contribution in [3.8, 4) is 11.3 Å². The van der Waals surface area contributed by atoms with Gasteiger partial charge in [-0.2, -0.15) is 0 Å². The summed E-state index contributed by atoms with van der Waals surface area (Å²) in [7, 11) is 0. The molecule has 100 valence electrons. The van der Waals surface area contributed by atoms with Crippen LogP contribution in [-0.4, -0.2) is 12.5 Å². The maximum atomic E-state index is 11.7. The molecule has 2 rings (SSSR count). The van der Waals surface area contributed by atoms with Gasteiger partial charge in [0.25, 0.3) is 5.91 Å². The van der Waals surface area contributed by atoms with Crippen LogP contribution in [0.5, 0.6) is 0 Å². The first-order chi connectivity index (χ1) is 9.11. The second-order valence-electron chi connectivity index (χ2n) is 4.04. The highest BCUT2D eigenvalue weighted by Crippen LogP contribution is 2.31. The van der Waals surface area contributed by atoms with E-state index in [2.05, 4.69) is 5.32 Å². The van der Waals surface area contributed by atoms with Crippen molar-refractivity contribution in [1.29, 1.82) is 0 Å². The van der Waals surface area contributed by atoms with Crippen LogP contribution in [0, 0.1) is 0 Å². The predicted molar refractivity (Wildman–Crippen MR) is 76.8 cm³/mol. The standard InChI is InChI=1S/C14H13Cl2NO2/c1-2-7-17-14(18)13-6-5-12(19-13)10-4-3-9(15)8-11(10)16/h3-6,8H,2,7H2,1H3,(H,17,18). The highest BCUT2D eigenvalue weighted by Gasteiger charge is 2.13. The molecule has 1 aromatic heterocycles. The molecular weight excluding hydrogens is 285 g/mol. The Labute approximate surface area is 121 Å². The number of carbonyl (C=O) groups is 1. The number of nitrogens with one attached hydrogen (secondary N) is 1. The van der Waals surface area contributed by atoms with E-state index in [1.807, 2.05) is 6.92 Å². The molecule has 0 saturated heterocycles. The summed E-state index contributed by atoms with van der Waals surface area (Å²) in [5.74, 6) is 0.593. The predicted octanol–water partition coefficient (Wildman–Crippen LogP) is 4.39. The average Bonchev–Trinajstić information content (AvgIpc) is 2.85. The van der Waals surface area contributed by atoms with Gasteiger partial charge in [-0.05, 0) is 36.8 Å². The molecule has 1 heterocycles. The zero-order chi connectivity index (χ0) is 13.8. The topological polar surface area (TPSA) is 42.2 Å². The number of amides is 1. The maximum Gasteiger partial charge on any atom is 0.287 e. The quantitative estimate of drug-likeness (QED) is 0.909. The van der Waals surface area contributed by atoms with Crippen molar-refractivity contribution in [1.82, 2.24) is 5.32 Å². The average molecular weight is 298 g/mol. The molecular formula is C14H13Cl2NO2. The number of furan rings is 1. The van der Waals surface area contributed by atoms with Crippen molar-refractivity contribution in [2.45, 2.75) is 13.3 Å². The molecule has 0 spiro atoms. The molecule has 1 N–H and O–H groups in total. The maximum absolute atomic E-state index is 11.7. The van der Waals surface area contributed by atoms with Gasteiger partial charge >= 0.3 is 0 Å². The van der Waals surface area contributed by atoms with Gasteiger partial charge in [0, 0.05) is 17.1 Å². The highest BCUT2D eigenvalue weighted by molar-refractivity contribution is 6.36. The zero-order valence-corrected chi connectivity index (χ0v) is 11.9. The molecule has 1 aromatic carbocycles. The molecule has 0 aliphatic carbocycles. The Hall–Kier alpha value is -1.45. The van der Waals surface area contributed by atoms with E-state index >= 15 is 0 Å². The fourth-order valence-electron chi connectivity index (χ4n) is 1.62. The molecule has 19 heavy (non-hydrogen) atoms. The van der Waals surface area contributed by atoms with Crippen LogP contribution >= 0.6 is 23.2 Å². The Bertz CT molecular complexity index is 593. The van der Waals surface area contributed by atoms with Gasteiger partial charge in [0.2, 0.25) is 0 Å². The molecule has 0 aliphatic rings. The highest BCUT2D eigenvalue weighted by atomic mass is 35.5. The lowest BCUT2D eigenvalue weighted by molar-refractivity contribution is 0.0927. The number of carbonyl (C=O) groups excluding carboxylic acids is 1. The minimum atomic E-state index is -0.224. The molecule has 0 radical (unpaired) electrons. The Morgan fingerprint density at radius 2 is 2.05 bits per heavy atom. The van der Waals surface area contributed by atoms with Crippen LogP contribution in [0.1, 0.15) is 23.9 Å². The number of rotatable bonds is 4. The van der Waals surface area contributed by atoms with Gasteiger partial charge in [0.05, 0.1) is 5.02 Å². The summed E-state index contributed by atoms with van der Waals surface area (Å²) in [6, 6.07) is 8.47. The Kier molecular flexibility index (Phi) is 4.51. The van der Waals surface area contributed by atoms with Gasteiger partial charge in [0.15, 0.2) is 5.76 Å². The van der Waals surface area contributed by atoms with Gasteiger partial charge in [-0.3, -0.25) is 4.79 Å². The molecule has 5 heteroatoms. The molecule has 3 nitrogen and oxygen atoms in total. The minimum absolute atomic E-state index is 0.224. The van der Waals surface area contributed by atoms with Gasteiger partial charge in [-0.1, -0.05) is 30.1 Å². The van der Waals surface area contributed by atoms with Crippen molar-refractivity contribution in [2.24, 2.45) is 0 Å². The minimum Gasteiger partial charge on any atom is -0.451 e. The molecule has 0 atom stereocenters. The second kappa shape index (κ2) is 6.13. The first-order valence-electron chi connectivity index (χ1n) is 5.95. The molecule has 1 amide bonds. The Morgan fingerprint density at radius 1 is 1.26 bits per heavy atom. The number of benzene rings is 1. The van der Waals surface area contributed by atoms with Gasteiger partial charge in [-0.25, -0.2) is 0 Å². The number of halogens is 2. The molecule has 0 saturated carbocycles. The fraction of sp³-hybridized carbons (Fsp3) is 0.214. The smallest absolute Gasteiger partial charge is 0.287 e. The molecule has 0 aliphatic heterocycles. The van der Waals surface area contributed by atoms with Crippen molar-refractivity contribution in [2.75, 3.05) is 6.54 Å². The normalized spacial score (nSPS) is 10.5. The van der Waals surface area contributed by atoms with E-state index in [0.29, 0.717) is 27.9 Å². The van der Waals surface area contributed by atoms with Crippen LogP contribution < -0.4 is 5.32 Å². The van der Waals surface area contributed by atoms with Crippen LogP contribution in [0.2, 0.25) is 10.0 Å². The number of hydrogen-bond acceptors (Lipinski definition) is 2. The Morgan fingerprint density at radius 3 is 2.74 bits per heavy atom. The molecule has 0 fully saturated rings. The first kappa shape index (κ1) is 14.0. The lowest BCUT2D eigenvalue weighted by Crippen LogP contribution is -2.23. The third-order valence-corrected chi connectivity index (χ3v) is 3.11. The van der Waals surface area contributed by atoms with E-state index < -0.39 is 0 Å². The third kappa shape index (κ3) is 3.31. The second-order valence-corrected chi connectivity index (χ2v) is 4.89. The number of hydrogen-bond donors (Lipinski definition) is 1. The van der Waals surface area contributed by atoms with E-state index in [-0.39, 0.29) is 11.7 Å². The van der Waals surface area contributed by atoms with Crippen LogP contribution in [0.15, 0.2) is 34.7 Å². The molecule has 2 aromatic rings. The SMILES string of the molecule is CCCNC(=O)c1ccc(-c2ccc(Cl)cc2Cl)o1. The van der Waals surface area contributed by atoms with Crippen LogP contribution in [-0.2, 0) is 0 Å². The fourth-order valence-corrected chi connectivity index (χ4v) is 2.12. The summed E-state index contributed by atoms with van der Waals surface area (Å²) in [4.78, 5) is 11.7. The third-order valence-electron chi connectivity index (χ3n) is 2.56. The summed E-state index contributed by atoms with van der Waals surface area (Å²) in [6.07, 6.45) is 0.877. The summed E-state index contributed by atoms with van der Waals surface area (Å²) in [5.41, 5.74) is 0.709. The lowest BCUT2D eigenvalue weighted by atomic mass is 10.2. The Balaban J connectivity index is 2.23. The van der Waals surface area contributed by atoms with Crippen LogP contribution in [0.4, 0.5) is 0 Å². The van der Waals surface area contributed by atoms with E-state index in [1.165, 1.54) is 0 Å². The van der Waals surface area contributed by atoms with E-state index in [4.69, 9.17) is 27.6 Å². The largest absolute Gasteiger partial charge is 0.451 e. The van der Waals surface area contributed by atoms with Gasteiger partial charge in [-0.15, -0.1) is 0 Å². The van der Waals surface area contributed by atoms with Crippen molar-refractivity contribution in [3.63, 3.8) is 0 Å². The zero-order valence-electron chi connectivity index (χ0n) is 10.4. The lowest BCUT2D eigenvalue weighted by Gasteiger charge is -2.02. The summed E-state index contributed by atoms with van der Waals surface area (Å²) >= 11 is 11.9. The van der Waals surface area contributed by atoms with E-state index in [1.54, 1.807) is 30.3 Å². The van der Waals surface area contributed by atoms with Crippen molar-refractivity contribution >= 4 is 29.1 Å². The van der Waals surface area contributed by atoms with E-state index in [9.17, 15) is 4.79 Å². The summed E-state index contributed by atoms with van der Waals surface area (Å²) < 4.78 is 5.51. The van der Waals surface area contributed by atoms with Crippen molar-refractivity contribution < 1.29 is 9.21 Å².